The molecule has 15 heteroatoms. The van der Waals surface area contributed by atoms with Crippen LogP contribution in [0.1, 0.15) is 30.1 Å². The van der Waals surface area contributed by atoms with Gasteiger partial charge in [0.05, 0.1) is 24.8 Å². The summed E-state index contributed by atoms with van der Waals surface area (Å²) in [6.45, 7) is -0.838. The maximum atomic E-state index is 13.1. The van der Waals surface area contributed by atoms with Crippen LogP contribution in [0.15, 0.2) is 53.3 Å². The summed E-state index contributed by atoms with van der Waals surface area (Å²) in [5.41, 5.74) is -2.10. The molecule has 3 atom stereocenters. The Labute approximate surface area is 216 Å². The van der Waals surface area contributed by atoms with Crippen molar-refractivity contribution in [3.8, 4) is 11.4 Å². The van der Waals surface area contributed by atoms with Gasteiger partial charge in [-0.15, -0.1) is 5.10 Å². The molecule has 0 saturated carbocycles. The summed E-state index contributed by atoms with van der Waals surface area (Å²) in [6.07, 6.45) is -12.7. The number of amides is 1. The Bertz CT molecular complexity index is 1340. The second-order valence-electron chi connectivity index (χ2n) is 8.27. The Morgan fingerprint density at radius 2 is 1.74 bits per heavy atom. The van der Waals surface area contributed by atoms with Crippen LogP contribution in [0.25, 0.3) is 11.4 Å². The van der Waals surface area contributed by atoms with Crippen LogP contribution in [0.4, 0.5) is 26.3 Å². The van der Waals surface area contributed by atoms with Crippen LogP contribution < -0.4 is 11.0 Å². The first-order valence-corrected chi connectivity index (χ1v) is 11.3. The molecule has 3 aromatic rings. The largest absolute Gasteiger partial charge is 0.416 e. The van der Waals surface area contributed by atoms with Crippen LogP contribution >= 0.6 is 11.6 Å². The fourth-order valence-corrected chi connectivity index (χ4v) is 3.61. The lowest BCUT2D eigenvalue weighted by molar-refractivity contribution is -0.207. The van der Waals surface area contributed by atoms with E-state index in [1.807, 2.05) is 0 Å². The number of alkyl halides is 6. The van der Waals surface area contributed by atoms with Crippen LogP contribution in [-0.2, 0) is 17.5 Å². The van der Waals surface area contributed by atoms with Crippen LogP contribution in [0.3, 0.4) is 0 Å². The molecule has 0 fully saturated rings. The third kappa shape index (κ3) is 6.55. The summed E-state index contributed by atoms with van der Waals surface area (Å²) in [7, 11) is 0. The van der Waals surface area contributed by atoms with E-state index in [4.69, 9.17) is 11.6 Å². The van der Waals surface area contributed by atoms with E-state index in [1.54, 1.807) is 0 Å². The van der Waals surface area contributed by atoms with Crippen molar-refractivity contribution in [2.24, 2.45) is 0 Å². The monoisotopic (exact) mass is 566 g/mol. The molecule has 0 aliphatic heterocycles. The molecule has 1 amide bonds. The average Bonchev–Trinajstić information content (AvgIpc) is 3.17. The lowest BCUT2D eigenvalue weighted by atomic mass is 10.0. The highest BCUT2D eigenvalue weighted by molar-refractivity contribution is 6.30. The minimum Gasteiger partial charge on any atom is -0.394 e. The zero-order valence-corrected chi connectivity index (χ0v) is 20.2. The van der Waals surface area contributed by atoms with Crippen molar-refractivity contribution in [1.82, 2.24) is 19.7 Å². The molecule has 3 unspecified atom stereocenters. The van der Waals surface area contributed by atoms with Gasteiger partial charge in [-0.3, -0.25) is 9.36 Å². The summed E-state index contributed by atoms with van der Waals surface area (Å²) in [4.78, 5) is 25.9. The molecule has 38 heavy (non-hydrogen) atoms. The molecule has 0 aliphatic rings. The smallest absolute Gasteiger partial charge is 0.394 e. The standard InChI is InChI=1S/C23H21ClF6N4O4/c1-12(20(37)31-17(11-35)14-3-2-4-15(9-14)22(25,26)27)34-21(38)33(10-18(36)23(28,29)30)19(32-34)13-5-7-16(24)8-6-13/h2-9,12,17-18,35-36H,10-11H2,1H3,(H,31,37). The fourth-order valence-electron chi connectivity index (χ4n) is 3.49. The van der Waals surface area contributed by atoms with Crippen LogP contribution in [-0.4, -0.2) is 49.4 Å². The molecule has 8 nitrogen and oxygen atoms in total. The maximum Gasteiger partial charge on any atom is 0.416 e. The fraction of sp³-hybridized carbons (Fsp3) is 0.348. The van der Waals surface area contributed by atoms with Gasteiger partial charge < -0.3 is 15.5 Å². The predicted molar refractivity (Wildman–Crippen MR) is 123 cm³/mol. The van der Waals surface area contributed by atoms with E-state index in [2.05, 4.69) is 10.4 Å². The SMILES string of the molecule is CC(C(=O)NC(CO)c1cccc(C(F)(F)F)c1)n1nc(-c2ccc(Cl)cc2)n(CC(O)C(F)(F)F)c1=O. The zero-order valence-electron chi connectivity index (χ0n) is 19.5. The van der Waals surface area contributed by atoms with E-state index in [1.165, 1.54) is 37.3 Å². The van der Waals surface area contributed by atoms with Crippen molar-refractivity contribution in [2.75, 3.05) is 6.61 Å². The summed E-state index contributed by atoms with van der Waals surface area (Å²) in [5.74, 6) is -1.27. The normalized spacial score (nSPS) is 14.7. The van der Waals surface area contributed by atoms with Gasteiger partial charge in [-0.2, -0.15) is 26.3 Å². The van der Waals surface area contributed by atoms with E-state index >= 15 is 0 Å². The lowest BCUT2D eigenvalue weighted by Crippen LogP contribution is -2.41. The molecule has 0 spiro atoms. The number of benzene rings is 2. The first kappa shape index (κ1) is 29.2. The maximum absolute atomic E-state index is 13.1. The molecule has 206 valence electrons. The molecule has 0 bridgehead atoms. The number of carbonyl (C=O) groups is 1. The second-order valence-corrected chi connectivity index (χ2v) is 8.71. The first-order valence-electron chi connectivity index (χ1n) is 10.9. The van der Waals surface area contributed by atoms with Crippen molar-refractivity contribution in [2.45, 2.75) is 44.0 Å². The molecule has 0 radical (unpaired) electrons. The minimum atomic E-state index is -5.05. The van der Waals surface area contributed by atoms with Gasteiger partial charge in [0.1, 0.15) is 6.04 Å². The third-order valence-electron chi connectivity index (χ3n) is 5.58. The molecule has 1 heterocycles. The van der Waals surface area contributed by atoms with E-state index < -0.39 is 60.9 Å². The summed E-state index contributed by atoms with van der Waals surface area (Å²) < 4.78 is 79.4. The quantitative estimate of drug-likeness (QED) is 0.360. The number of hydrogen-bond donors (Lipinski definition) is 3. The van der Waals surface area contributed by atoms with Gasteiger partial charge >= 0.3 is 18.0 Å². The number of halogens is 7. The van der Waals surface area contributed by atoms with Crippen molar-refractivity contribution >= 4 is 17.5 Å². The number of aromatic nitrogens is 3. The van der Waals surface area contributed by atoms with Crippen molar-refractivity contribution in [3.05, 3.63) is 75.2 Å². The van der Waals surface area contributed by atoms with Crippen molar-refractivity contribution in [1.29, 1.82) is 0 Å². The Kier molecular flexibility index (Phi) is 8.58. The van der Waals surface area contributed by atoms with Gasteiger partial charge in [0.15, 0.2) is 11.9 Å². The van der Waals surface area contributed by atoms with Crippen LogP contribution in [0.5, 0.6) is 0 Å². The number of hydrogen-bond acceptors (Lipinski definition) is 5. The molecule has 1 aromatic heterocycles. The molecule has 3 N–H and O–H groups in total. The zero-order chi connectivity index (χ0) is 28.4. The van der Waals surface area contributed by atoms with Crippen LogP contribution in [0, 0.1) is 0 Å². The van der Waals surface area contributed by atoms with Crippen molar-refractivity contribution in [3.63, 3.8) is 0 Å². The van der Waals surface area contributed by atoms with E-state index in [-0.39, 0.29) is 22.0 Å². The van der Waals surface area contributed by atoms with E-state index in [0.29, 0.717) is 9.25 Å². The molecular formula is C23H21ClF6N4O4. The first-order chi connectivity index (χ1) is 17.6. The number of aliphatic hydroxyl groups excluding tert-OH is 2. The minimum absolute atomic E-state index is 0.0732. The van der Waals surface area contributed by atoms with Gasteiger partial charge in [-0.1, -0.05) is 23.7 Å². The lowest BCUT2D eigenvalue weighted by Gasteiger charge is -2.20. The number of nitrogens with zero attached hydrogens (tertiary/aromatic N) is 3. The van der Waals surface area contributed by atoms with Gasteiger partial charge in [-0.05, 0) is 48.9 Å². The number of nitrogens with one attached hydrogen (secondary N) is 1. The highest BCUT2D eigenvalue weighted by Crippen LogP contribution is 2.31. The molecule has 2 aromatic carbocycles. The predicted octanol–water partition coefficient (Wildman–Crippen LogP) is 3.72. The van der Waals surface area contributed by atoms with Gasteiger partial charge in [0, 0.05) is 10.6 Å². The highest BCUT2D eigenvalue weighted by atomic mass is 35.5. The number of rotatable bonds is 8. The number of aliphatic hydroxyl groups is 2. The van der Waals surface area contributed by atoms with Crippen molar-refractivity contribution < 1.29 is 41.4 Å². The third-order valence-corrected chi connectivity index (χ3v) is 5.83. The molecular weight excluding hydrogens is 546 g/mol. The van der Waals surface area contributed by atoms with Gasteiger partial charge in [0.25, 0.3) is 0 Å². The molecule has 3 rings (SSSR count). The van der Waals surface area contributed by atoms with Crippen LogP contribution in [0.2, 0.25) is 5.02 Å². The Morgan fingerprint density at radius 1 is 1.11 bits per heavy atom. The Morgan fingerprint density at radius 3 is 2.29 bits per heavy atom. The van der Waals surface area contributed by atoms with Gasteiger partial charge in [-0.25, -0.2) is 9.48 Å². The Hall–Kier alpha value is -3.36. The highest BCUT2D eigenvalue weighted by Gasteiger charge is 2.40. The average molecular weight is 567 g/mol. The second kappa shape index (κ2) is 11.2. The van der Waals surface area contributed by atoms with Gasteiger partial charge in [0.2, 0.25) is 5.91 Å². The summed E-state index contributed by atoms with van der Waals surface area (Å²) in [5, 5.41) is 25.9. The summed E-state index contributed by atoms with van der Waals surface area (Å²) >= 11 is 5.84. The van der Waals surface area contributed by atoms with E-state index in [0.717, 1.165) is 18.2 Å². The topological polar surface area (TPSA) is 109 Å². The molecule has 0 aliphatic carbocycles. The number of carbonyl (C=O) groups excluding carboxylic acids is 1. The molecule has 0 saturated heterocycles. The van der Waals surface area contributed by atoms with E-state index in [9.17, 15) is 46.1 Å². The summed E-state index contributed by atoms with van der Waals surface area (Å²) in [6, 6.07) is 6.63. The Balaban J connectivity index is 1.96.